The molecule has 0 radical (unpaired) electrons. The van der Waals surface area contributed by atoms with Crippen LogP contribution in [0.1, 0.15) is 25.0 Å². The molecule has 28 heavy (non-hydrogen) atoms. The molecule has 1 aliphatic heterocycles. The van der Waals surface area contributed by atoms with Crippen molar-refractivity contribution >= 4 is 34.9 Å². The van der Waals surface area contributed by atoms with Gasteiger partial charge in [0.2, 0.25) is 11.8 Å². The number of halogens is 1. The Morgan fingerprint density at radius 1 is 1.21 bits per heavy atom. The monoisotopic (exact) mass is 400 g/mol. The molecule has 1 fully saturated rings. The molecular weight excluding hydrogens is 376 g/mol. The number of carbonyl (C=O) groups is 2. The van der Waals surface area contributed by atoms with Crippen LogP contribution in [0.5, 0.6) is 0 Å². The van der Waals surface area contributed by atoms with Crippen molar-refractivity contribution in [2.24, 2.45) is 5.92 Å². The number of benzene rings is 1. The first-order valence-electron chi connectivity index (χ1n) is 9.52. The maximum absolute atomic E-state index is 12.6. The highest BCUT2D eigenvalue weighted by molar-refractivity contribution is 6.30. The maximum atomic E-state index is 12.6. The fourth-order valence-electron chi connectivity index (χ4n) is 3.36. The number of aromatic nitrogens is 1. The number of rotatable bonds is 6. The molecule has 1 aliphatic rings. The summed E-state index contributed by atoms with van der Waals surface area (Å²) in [6.45, 7) is 4.07. The molecule has 0 saturated carbocycles. The highest BCUT2D eigenvalue weighted by Gasteiger charge is 2.26. The number of hydrogen-bond acceptors (Lipinski definition) is 4. The summed E-state index contributed by atoms with van der Waals surface area (Å²) in [4.78, 5) is 31.3. The van der Waals surface area contributed by atoms with Crippen LogP contribution < -0.4 is 10.6 Å². The Hall–Kier alpha value is -2.44. The summed E-state index contributed by atoms with van der Waals surface area (Å²) in [7, 11) is 0. The van der Waals surface area contributed by atoms with Crippen LogP contribution in [0, 0.1) is 12.8 Å². The lowest BCUT2D eigenvalue weighted by atomic mass is 9.97. The van der Waals surface area contributed by atoms with Crippen LogP contribution in [0.3, 0.4) is 0 Å². The number of pyridine rings is 1. The molecule has 2 N–H and O–H groups in total. The first-order chi connectivity index (χ1) is 13.5. The zero-order valence-electron chi connectivity index (χ0n) is 16.0. The number of nitrogens with zero attached hydrogens (tertiary/aromatic N) is 2. The number of hydrogen-bond donors (Lipinski definition) is 2. The van der Waals surface area contributed by atoms with Gasteiger partial charge in [0.25, 0.3) is 0 Å². The van der Waals surface area contributed by atoms with E-state index < -0.39 is 0 Å². The van der Waals surface area contributed by atoms with Crippen molar-refractivity contribution in [3.8, 4) is 0 Å². The van der Waals surface area contributed by atoms with E-state index in [9.17, 15) is 9.59 Å². The van der Waals surface area contributed by atoms with E-state index in [1.54, 1.807) is 24.3 Å². The van der Waals surface area contributed by atoms with Crippen molar-refractivity contribution in [1.29, 1.82) is 0 Å². The Kier molecular flexibility index (Phi) is 7.01. The number of anilines is 2. The molecule has 2 heterocycles. The van der Waals surface area contributed by atoms with Crippen molar-refractivity contribution in [2.45, 2.75) is 26.2 Å². The Bertz CT molecular complexity index is 843. The third kappa shape index (κ3) is 6.04. The molecule has 7 heteroatoms. The summed E-state index contributed by atoms with van der Waals surface area (Å²) in [6.07, 6.45) is 2.17. The minimum Gasteiger partial charge on any atom is -0.326 e. The summed E-state index contributed by atoms with van der Waals surface area (Å²) >= 11 is 5.94. The van der Waals surface area contributed by atoms with Gasteiger partial charge < -0.3 is 15.5 Å². The molecule has 0 spiro atoms. The normalized spacial score (nSPS) is 17.1. The predicted molar refractivity (Wildman–Crippen MR) is 111 cm³/mol. The summed E-state index contributed by atoms with van der Waals surface area (Å²) in [6, 6.07) is 12.7. The molecule has 1 saturated heterocycles. The minimum absolute atomic E-state index is 0.00817. The van der Waals surface area contributed by atoms with Crippen LogP contribution in [0.15, 0.2) is 42.5 Å². The van der Waals surface area contributed by atoms with Gasteiger partial charge >= 0.3 is 0 Å². The lowest BCUT2D eigenvalue weighted by Gasteiger charge is -2.31. The summed E-state index contributed by atoms with van der Waals surface area (Å²) in [5.74, 6) is 0.430. The van der Waals surface area contributed by atoms with E-state index in [0.29, 0.717) is 36.0 Å². The zero-order valence-corrected chi connectivity index (χ0v) is 16.7. The number of piperidine rings is 1. The lowest BCUT2D eigenvalue weighted by molar-refractivity contribution is -0.121. The number of likely N-dealkylation sites (tertiary alicyclic amines) is 1. The van der Waals surface area contributed by atoms with E-state index in [4.69, 9.17) is 11.6 Å². The third-order valence-electron chi connectivity index (χ3n) is 4.78. The smallest absolute Gasteiger partial charge is 0.229 e. The predicted octanol–water partition coefficient (Wildman–Crippen LogP) is 3.72. The topological polar surface area (TPSA) is 74.3 Å². The van der Waals surface area contributed by atoms with Gasteiger partial charge in [-0.2, -0.15) is 0 Å². The molecule has 0 aliphatic carbocycles. The van der Waals surface area contributed by atoms with Gasteiger partial charge in [-0.05, 0) is 56.6 Å². The number of aryl methyl sites for hydroxylation is 1. The average Bonchev–Trinajstić information content (AvgIpc) is 2.67. The van der Waals surface area contributed by atoms with Crippen LogP contribution in [0.2, 0.25) is 5.02 Å². The zero-order chi connectivity index (χ0) is 19.9. The van der Waals surface area contributed by atoms with Gasteiger partial charge in [0.05, 0.1) is 5.92 Å². The molecule has 3 rings (SSSR count). The van der Waals surface area contributed by atoms with Crippen LogP contribution in [0.25, 0.3) is 0 Å². The second kappa shape index (κ2) is 9.66. The molecule has 6 nitrogen and oxygen atoms in total. The highest BCUT2D eigenvalue weighted by Crippen LogP contribution is 2.19. The van der Waals surface area contributed by atoms with Gasteiger partial charge in [0.1, 0.15) is 5.82 Å². The quantitative estimate of drug-likeness (QED) is 0.774. The number of nitrogens with one attached hydrogen (secondary N) is 2. The van der Waals surface area contributed by atoms with E-state index in [-0.39, 0.29) is 17.7 Å². The highest BCUT2D eigenvalue weighted by atomic mass is 35.5. The van der Waals surface area contributed by atoms with Crippen LogP contribution in [-0.4, -0.2) is 41.3 Å². The van der Waals surface area contributed by atoms with Crippen molar-refractivity contribution in [2.75, 3.05) is 30.3 Å². The fourth-order valence-corrected chi connectivity index (χ4v) is 3.55. The molecule has 1 aromatic heterocycles. The first kappa shape index (κ1) is 20.3. The lowest BCUT2D eigenvalue weighted by Crippen LogP contribution is -2.41. The maximum Gasteiger partial charge on any atom is 0.229 e. The molecule has 1 unspecified atom stereocenters. The van der Waals surface area contributed by atoms with Gasteiger partial charge in [-0.1, -0.05) is 23.7 Å². The minimum atomic E-state index is -0.0907. The van der Waals surface area contributed by atoms with Crippen LogP contribution >= 0.6 is 11.6 Å². The molecule has 1 aromatic carbocycles. The van der Waals surface area contributed by atoms with Gasteiger partial charge in [0.15, 0.2) is 0 Å². The van der Waals surface area contributed by atoms with E-state index in [1.165, 1.54) is 0 Å². The molecule has 148 valence electrons. The summed E-state index contributed by atoms with van der Waals surface area (Å²) in [5.41, 5.74) is 1.56. The van der Waals surface area contributed by atoms with Crippen molar-refractivity contribution < 1.29 is 9.59 Å². The van der Waals surface area contributed by atoms with Gasteiger partial charge in [-0.15, -0.1) is 0 Å². The van der Waals surface area contributed by atoms with Crippen LogP contribution in [0.4, 0.5) is 11.5 Å². The van der Waals surface area contributed by atoms with E-state index in [1.807, 2.05) is 25.1 Å². The van der Waals surface area contributed by atoms with Crippen molar-refractivity contribution in [1.82, 2.24) is 9.88 Å². The van der Waals surface area contributed by atoms with E-state index in [2.05, 4.69) is 20.5 Å². The summed E-state index contributed by atoms with van der Waals surface area (Å²) < 4.78 is 0. The molecule has 1 atom stereocenters. The third-order valence-corrected chi connectivity index (χ3v) is 5.01. The Labute approximate surface area is 170 Å². The van der Waals surface area contributed by atoms with Crippen molar-refractivity contribution in [3.63, 3.8) is 0 Å². The largest absolute Gasteiger partial charge is 0.326 e. The van der Waals surface area contributed by atoms with Gasteiger partial charge in [-0.3, -0.25) is 9.59 Å². The standard InChI is InChI=1S/C21H25ClN4O2/c1-15-5-2-9-19(23-15)25-21(28)16-6-4-11-26(14-16)12-10-20(27)24-18-8-3-7-17(22)13-18/h2-3,5,7-9,13,16H,4,6,10-12,14H2,1H3,(H,24,27)(H,23,25,28). The Morgan fingerprint density at radius 3 is 2.82 bits per heavy atom. The molecule has 2 aromatic rings. The second-order valence-corrected chi connectivity index (χ2v) is 7.54. The van der Waals surface area contributed by atoms with Gasteiger partial charge in [-0.25, -0.2) is 4.98 Å². The number of carbonyl (C=O) groups excluding carboxylic acids is 2. The average molecular weight is 401 g/mol. The SMILES string of the molecule is Cc1cccc(NC(=O)C2CCCN(CCC(=O)Nc3cccc(Cl)c3)C2)n1. The Balaban J connectivity index is 1.46. The molecule has 0 bridgehead atoms. The first-order valence-corrected chi connectivity index (χ1v) is 9.90. The van der Waals surface area contributed by atoms with E-state index >= 15 is 0 Å². The van der Waals surface area contributed by atoms with E-state index in [0.717, 1.165) is 25.1 Å². The number of amides is 2. The molecular formula is C21H25ClN4O2. The van der Waals surface area contributed by atoms with Gasteiger partial charge in [0, 0.05) is 35.9 Å². The Morgan fingerprint density at radius 2 is 2.04 bits per heavy atom. The van der Waals surface area contributed by atoms with Crippen LogP contribution in [-0.2, 0) is 9.59 Å². The summed E-state index contributed by atoms with van der Waals surface area (Å²) in [5, 5.41) is 6.35. The molecule has 2 amide bonds. The second-order valence-electron chi connectivity index (χ2n) is 7.10. The fraction of sp³-hybridized carbons (Fsp3) is 0.381. The van der Waals surface area contributed by atoms with Crippen molar-refractivity contribution in [3.05, 3.63) is 53.2 Å².